The number of aliphatic imine (C=N–C) groups is 1. The molecule has 1 fully saturated rings. The lowest BCUT2D eigenvalue weighted by molar-refractivity contribution is -0.129. The smallest absolute Gasteiger partial charge is 0.222 e. The van der Waals surface area contributed by atoms with Crippen LogP contribution in [0.15, 0.2) is 17.4 Å². The molecule has 1 amide bonds. The second kappa shape index (κ2) is 10.7. The van der Waals surface area contributed by atoms with Crippen LogP contribution < -0.4 is 10.6 Å². The highest BCUT2D eigenvalue weighted by Crippen LogP contribution is 2.16. The Morgan fingerprint density at radius 2 is 2.23 bits per heavy atom. The first-order chi connectivity index (χ1) is 11.9. The Hall–Kier alpha value is -1.36. The first-order valence-electron chi connectivity index (χ1n) is 8.84. The van der Waals surface area contributed by atoms with Crippen LogP contribution in [-0.4, -0.2) is 78.3 Å². The number of amides is 1. The van der Waals surface area contributed by atoms with Crippen molar-refractivity contribution in [3.05, 3.63) is 18.0 Å². The zero-order valence-corrected chi connectivity index (χ0v) is 18.7. The molecule has 0 saturated carbocycles. The summed E-state index contributed by atoms with van der Waals surface area (Å²) in [6.45, 7) is 4.19. The third kappa shape index (κ3) is 6.11. The van der Waals surface area contributed by atoms with Crippen LogP contribution in [0.1, 0.15) is 31.4 Å². The van der Waals surface area contributed by atoms with Crippen LogP contribution in [0.3, 0.4) is 0 Å². The molecule has 1 aromatic heterocycles. The zero-order valence-electron chi connectivity index (χ0n) is 16.4. The fourth-order valence-corrected chi connectivity index (χ4v) is 3.12. The SMILES string of the molecule is CCC(=O)N1CCC(NC(=NC)NCC(c2cnn(C)c2)N(C)C)C1.I. The second-order valence-corrected chi connectivity index (χ2v) is 6.70. The summed E-state index contributed by atoms with van der Waals surface area (Å²) >= 11 is 0. The number of carbonyl (C=O) groups excluding carboxylic acids is 1. The molecule has 8 nitrogen and oxygen atoms in total. The lowest BCUT2D eigenvalue weighted by Crippen LogP contribution is -2.47. The number of likely N-dealkylation sites (tertiary alicyclic amines) is 1. The van der Waals surface area contributed by atoms with Crippen molar-refractivity contribution in [1.29, 1.82) is 0 Å². The van der Waals surface area contributed by atoms with Crippen molar-refractivity contribution in [2.24, 2.45) is 12.0 Å². The Balaban J connectivity index is 0.00000338. The lowest BCUT2D eigenvalue weighted by Gasteiger charge is -2.25. The summed E-state index contributed by atoms with van der Waals surface area (Å²) in [6, 6.07) is 0.451. The number of likely N-dealkylation sites (N-methyl/N-ethyl adjacent to an activating group) is 1. The van der Waals surface area contributed by atoms with Crippen molar-refractivity contribution < 1.29 is 4.79 Å². The van der Waals surface area contributed by atoms with Gasteiger partial charge in [0, 0.05) is 58.0 Å². The second-order valence-electron chi connectivity index (χ2n) is 6.70. The molecule has 26 heavy (non-hydrogen) atoms. The fourth-order valence-electron chi connectivity index (χ4n) is 3.12. The average Bonchev–Trinajstić information content (AvgIpc) is 3.22. The number of guanidine groups is 1. The minimum Gasteiger partial charge on any atom is -0.354 e. The summed E-state index contributed by atoms with van der Waals surface area (Å²) in [5, 5.41) is 11.1. The van der Waals surface area contributed by atoms with Crippen molar-refractivity contribution in [1.82, 2.24) is 30.2 Å². The molecule has 0 spiro atoms. The first kappa shape index (κ1) is 22.7. The maximum Gasteiger partial charge on any atom is 0.222 e. The standard InChI is InChI=1S/C17H31N7O.HI/c1-6-16(25)24-8-7-14(12-24)21-17(18-2)19-10-15(22(3)4)13-9-20-23(5)11-13;/h9,11,14-15H,6-8,10,12H2,1-5H3,(H2,18,19,21);1H. The molecule has 1 aliphatic heterocycles. The Morgan fingerprint density at radius 1 is 1.50 bits per heavy atom. The number of nitrogens with one attached hydrogen (secondary N) is 2. The molecule has 1 saturated heterocycles. The number of aryl methyl sites for hydroxylation is 1. The van der Waals surface area contributed by atoms with Crippen LogP contribution in [0.25, 0.3) is 0 Å². The van der Waals surface area contributed by atoms with Crippen molar-refractivity contribution in [3.8, 4) is 0 Å². The third-order valence-corrected chi connectivity index (χ3v) is 4.60. The van der Waals surface area contributed by atoms with Crippen LogP contribution >= 0.6 is 24.0 Å². The van der Waals surface area contributed by atoms with Gasteiger partial charge in [0.15, 0.2) is 5.96 Å². The predicted molar refractivity (Wildman–Crippen MR) is 115 cm³/mol. The summed E-state index contributed by atoms with van der Waals surface area (Å²) in [5.41, 5.74) is 1.16. The summed E-state index contributed by atoms with van der Waals surface area (Å²) in [6.07, 6.45) is 5.45. The molecule has 2 unspecified atom stereocenters. The molecule has 2 N–H and O–H groups in total. The highest BCUT2D eigenvalue weighted by Gasteiger charge is 2.26. The van der Waals surface area contributed by atoms with E-state index < -0.39 is 0 Å². The van der Waals surface area contributed by atoms with Crippen LogP contribution in [0.2, 0.25) is 0 Å². The summed E-state index contributed by atoms with van der Waals surface area (Å²) in [7, 11) is 7.81. The molecule has 1 aromatic rings. The number of aromatic nitrogens is 2. The highest BCUT2D eigenvalue weighted by molar-refractivity contribution is 14.0. The monoisotopic (exact) mass is 477 g/mol. The lowest BCUT2D eigenvalue weighted by atomic mass is 10.1. The van der Waals surface area contributed by atoms with Crippen molar-refractivity contribution in [2.75, 3.05) is 40.8 Å². The van der Waals surface area contributed by atoms with E-state index in [9.17, 15) is 4.79 Å². The van der Waals surface area contributed by atoms with Gasteiger partial charge in [-0.3, -0.25) is 14.5 Å². The van der Waals surface area contributed by atoms with Crippen molar-refractivity contribution in [3.63, 3.8) is 0 Å². The van der Waals surface area contributed by atoms with Gasteiger partial charge in [0.05, 0.1) is 12.2 Å². The van der Waals surface area contributed by atoms with E-state index in [0.717, 1.165) is 37.6 Å². The maximum atomic E-state index is 11.8. The predicted octanol–water partition coefficient (Wildman–Crippen LogP) is 0.817. The van der Waals surface area contributed by atoms with Crippen LogP contribution in [-0.2, 0) is 11.8 Å². The van der Waals surface area contributed by atoms with E-state index in [1.54, 1.807) is 7.05 Å². The van der Waals surface area contributed by atoms with Gasteiger partial charge in [0.1, 0.15) is 0 Å². The minimum absolute atomic E-state index is 0. The molecule has 1 aliphatic rings. The normalized spacial score (nSPS) is 18.6. The number of nitrogens with zero attached hydrogens (tertiary/aromatic N) is 5. The molecule has 148 valence electrons. The molecule has 2 atom stereocenters. The van der Waals surface area contributed by atoms with E-state index in [1.807, 2.05) is 35.9 Å². The molecule has 0 bridgehead atoms. The third-order valence-electron chi connectivity index (χ3n) is 4.60. The van der Waals surface area contributed by atoms with Crippen LogP contribution in [0, 0.1) is 0 Å². The van der Waals surface area contributed by atoms with Crippen LogP contribution in [0.4, 0.5) is 0 Å². The molecule has 9 heteroatoms. The van der Waals surface area contributed by atoms with E-state index in [4.69, 9.17) is 0 Å². The summed E-state index contributed by atoms with van der Waals surface area (Å²) in [4.78, 5) is 20.2. The van der Waals surface area contributed by atoms with E-state index in [1.165, 1.54) is 0 Å². The van der Waals surface area contributed by atoms with Gasteiger partial charge in [-0.15, -0.1) is 24.0 Å². The Bertz CT molecular complexity index is 602. The molecule has 2 heterocycles. The first-order valence-corrected chi connectivity index (χ1v) is 8.84. The van der Waals surface area contributed by atoms with Gasteiger partial charge >= 0.3 is 0 Å². The highest BCUT2D eigenvalue weighted by atomic mass is 127. The zero-order chi connectivity index (χ0) is 18.4. The number of hydrogen-bond donors (Lipinski definition) is 2. The molecular weight excluding hydrogens is 445 g/mol. The van der Waals surface area contributed by atoms with Crippen molar-refractivity contribution >= 4 is 35.8 Å². The van der Waals surface area contributed by atoms with E-state index in [-0.39, 0.29) is 42.0 Å². The average molecular weight is 477 g/mol. The van der Waals surface area contributed by atoms with Gasteiger partial charge in [0.2, 0.25) is 5.91 Å². The quantitative estimate of drug-likeness (QED) is 0.361. The number of halogens is 1. The maximum absolute atomic E-state index is 11.8. The summed E-state index contributed by atoms with van der Waals surface area (Å²) < 4.78 is 1.82. The fraction of sp³-hybridized carbons (Fsp3) is 0.706. The minimum atomic E-state index is 0. The Kier molecular flexibility index (Phi) is 9.34. The van der Waals surface area contributed by atoms with Gasteiger partial charge in [-0.1, -0.05) is 6.92 Å². The Morgan fingerprint density at radius 3 is 2.77 bits per heavy atom. The van der Waals surface area contributed by atoms with Crippen molar-refractivity contribution in [2.45, 2.75) is 31.8 Å². The number of rotatable bonds is 6. The van der Waals surface area contributed by atoms with Gasteiger partial charge in [-0.25, -0.2) is 0 Å². The molecule has 2 rings (SSSR count). The van der Waals surface area contributed by atoms with Crippen LogP contribution in [0.5, 0.6) is 0 Å². The van der Waals surface area contributed by atoms with E-state index in [0.29, 0.717) is 6.42 Å². The molecule has 0 aliphatic carbocycles. The van der Waals surface area contributed by atoms with Gasteiger partial charge in [-0.2, -0.15) is 5.10 Å². The van der Waals surface area contributed by atoms with Gasteiger partial charge < -0.3 is 20.4 Å². The largest absolute Gasteiger partial charge is 0.354 e. The molecular formula is C17H32IN7O. The van der Waals surface area contributed by atoms with Gasteiger partial charge in [0.25, 0.3) is 0 Å². The number of carbonyl (C=O) groups is 1. The van der Waals surface area contributed by atoms with Gasteiger partial charge in [-0.05, 0) is 20.5 Å². The summed E-state index contributed by atoms with van der Waals surface area (Å²) in [5.74, 6) is 0.989. The topological polar surface area (TPSA) is 77.8 Å². The molecule has 0 aromatic carbocycles. The van der Waals surface area contributed by atoms with E-state index >= 15 is 0 Å². The molecule has 0 radical (unpaired) electrons. The number of hydrogen-bond acceptors (Lipinski definition) is 4. The van der Waals surface area contributed by atoms with E-state index in [2.05, 4.69) is 39.7 Å². The Labute approximate surface area is 173 Å².